The number of fused-ring (bicyclic) bond motifs is 1. The minimum absolute atomic E-state index is 0.00839. The number of aliphatic hydroxyl groups is 1. The molecule has 0 saturated heterocycles. The Balaban J connectivity index is 2.53. The van der Waals surface area contributed by atoms with Crippen molar-refractivity contribution in [2.75, 3.05) is 6.61 Å². The molecule has 86 valence electrons. The molecular weight excluding hydrogens is 234 g/mol. The smallest absolute Gasteiger partial charge is 0.274 e. The summed E-state index contributed by atoms with van der Waals surface area (Å²) in [6.07, 6.45) is 0.0982. The molecule has 2 rings (SSSR count). The van der Waals surface area contributed by atoms with Crippen molar-refractivity contribution in [3.63, 3.8) is 0 Å². The number of rotatable bonds is 2. The van der Waals surface area contributed by atoms with Crippen LogP contribution in [0.25, 0.3) is 0 Å². The number of benzene rings is 1. The second kappa shape index (κ2) is 3.92. The van der Waals surface area contributed by atoms with Gasteiger partial charge in [-0.3, -0.25) is 10.1 Å². The highest BCUT2D eigenvalue weighted by Gasteiger charge is 2.29. The molecule has 0 bridgehead atoms. The Labute approximate surface area is 96.7 Å². The molecule has 0 spiro atoms. The summed E-state index contributed by atoms with van der Waals surface area (Å²) < 4.78 is 5.40. The van der Waals surface area contributed by atoms with Crippen LogP contribution in [0.5, 0.6) is 5.75 Å². The number of nitrogens with zero attached hydrogens (tertiary/aromatic N) is 1. The van der Waals surface area contributed by atoms with Gasteiger partial charge in [-0.2, -0.15) is 0 Å². The maximum Gasteiger partial charge on any atom is 0.274 e. The first-order chi connectivity index (χ1) is 7.54. The Morgan fingerprint density at radius 1 is 1.75 bits per heavy atom. The van der Waals surface area contributed by atoms with Crippen LogP contribution in [0.1, 0.15) is 11.1 Å². The third-order valence-corrected chi connectivity index (χ3v) is 3.10. The SMILES string of the molecule is Cc1c([N+](=O)[O-])cc2c(c1Cl)OC(CO)C2. The van der Waals surface area contributed by atoms with Gasteiger partial charge in [-0.15, -0.1) is 0 Å². The molecule has 1 atom stereocenters. The number of hydrogen-bond acceptors (Lipinski definition) is 4. The van der Waals surface area contributed by atoms with Gasteiger partial charge in [-0.05, 0) is 6.92 Å². The topological polar surface area (TPSA) is 72.6 Å². The number of halogens is 1. The van der Waals surface area contributed by atoms with E-state index in [4.69, 9.17) is 21.4 Å². The molecule has 0 radical (unpaired) electrons. The Hall–Kier alpha value is -1.33. The number of ether oxygens (including phenoxy) is 1. The van der Waals surface area contributed by atoms with E-state index in [1.807, 2.05) is 0 Å². The molecule has 0 aromatic heterocycles. The van der Waals surface area contributed by atoms with Gasteiger partial charge in [0.15, 0.2) is 0 Å². The predicted molar refractivity (Wildman–Crippen MR) is 58.0 cm³/mol. The maximum absolute atomic E-state index is 10.8. The molecule has 0 aliphatic carbocycles. The number of nitro benzene ring substituents is 1. The summed E-state index contributed by atoms with van der Waals surface area (Å²) in [5.41, 5.74) is 1.07. The highest BCUT2D eigenvalue weighted by molar-refractivity contribution is 6.33. The van der Waals surface area contributed by atoms with Crippen molar-refractivity contribution < 1.29 is 14.8 Å². The molecule has 1 aromatic rings. The molecule has 1 heterocycles. The summed E-state index contributed by atoms with van der Waals surface area (Å²) in [4.78, 5) is 10.3. The summed E-state index contributed by atoms with van der Waals surface area (Å²) in [6, 6.07) is 1.46. The number of aliphatic hydroxyl groups excluding tert-OH is 1. The molecule has 0 amide bonds. The van der Waals surface area contributed by atoms with Crippen molar-refractivity contribution in [2.45, 2.75) is 19.4 Å². The van der Waals surface area contributed by atoms with E-state index in [2.05, 4.69) is 0 Å². The highest BCUT2D eigenvalue weighted by Crippen LogP contribution is 2.42. The maximum atomic E-state index is 10.8. The van der Waals surface area contributed by atoms with Gasteiger partial charge in [0.05, 0.1) is 16.6 Å². The van der Waals surface area contributed by atoms with Gasteiger partial charge < -0.3 is 9.84 Å². The van der Waals surface area contributed by atoms with Crippen LogP contribution in [-0.2, 0) is 6.42 Å². The van der Waals surface area contributed by atoms with Gasteiger partial charge in [-0.1, -0.05) is 11.6 Å². The lowest BCUT2D eigenvalue weighted by atomic mass is 10.1. The first kappa shape index (κ1) is 11.2. The molecule has 1 aliphatic rings. The monoisotopic (exact) mass is 243 g/mol. The van der Waals surface area contributed by atoms with Crippen LogP contribution < -0.4 is 4.74 Å². The van der Waals surface area contributed by atoms with E-state index >= 15 is 0 Å². The fourth-order valence-electron chi connectivity index (χ4n) is 1.79. The lowest BCUT2D eigenvalue weighted by molar-refractivity contribution is -0.385. The first-order valence-electron chi connectivity index (χ1n) is 4.78. The van der Waals surface area contributed by atoms with Gasteiger partial charge in [0.2, 0.25) is 0 Å². The fraction of sp³-hybridized carbons (Fsp3) is 0.400. The third kappa shape index (κ3) is 1.62. The van der Waals surface area contributed by atoms with Gasteiger partial charge in [0.1, 0.15) is 11.9 Å². The number of hydrogen-bond donors (Lipinski definition) is 1. The normalized spacial score (nSPS) is 18.1. The minimum Gasteiger partial charge on any atom is -0.486 e. The predicted octanol–water partition coefficient (Wildman–Crippen LogP) is 1.85. The molecule has 1 N–H and O–H groups in total. The van der Waals surface area contributed by atoms with Gasteiger partial charge in [0.25, 0.3) is 5.69 Å². The summed E-state index contributed by atoms with van der Waals surface area (Å²) >= 11 is 6.00. The van der Waals surface area contributed by atoms with E-state index in [0.717, 1.165) is 0 Å². The third-order valence-electron chi connectivity index (χ3n) is 2.65. The van der Waals surface area contributed by atoms with Crippen molar-refractivity contribution in [2.24, 2.45) is 0 Å². The van der Waals surface area contributed by atoms with Crippen LogP contribution in [0.2, 0.25) is 5.02 Å². The quantitative estimate of drug-likeness (QED) is 0.636. The van der Waals surface area contributed by atoms with E-state index < -0.39 is 4.92 Å². The van der Waals surface area contributed by atoms with Crippen molar-refractivity contribution in [1.82, 2.24) is 0 Å². The van der Waals surface area contributed by atoms with Crippen LogP contribution >= 0.6 is 11.6 Å². The van der Waals surface area contributed by atoms with Crippen LogP contribution in [0.15, 0.2) is 6.07 Å². The van der Waals surface area contributed by atoms with Crippen molar-refractivity contribution in [3.05, 3.63) is 32.3 Å². The van der Waals surface area contributed by atoms with Gasteiger partial charge in [-0.25, -0.2) is 0 Å². The molecule has 0 fully saturated rings. The Morgan fingerprint density at radius 3 is 3.00 bits per heavy atom. The zero-order valence-corrected chi connectivity index (χ0v) is 9.32. The lowest BCUT2D eigenvalue weighted by Crippen LogP contribution is -2.17. The van der Waals surface area contributed by atoms with Crippen LogP contribution in [0.4, 0.5) is 5.69 Å². The minimum atomic E-state index is -0.465. The van der Waals surface area contributed by atoms with Crippen LogP contribution in [0, 0.1) is 17.0 Å². The Morgan fingerprint density at radius 2 is 2.44 bits per heavy atom. The highest BCUT2D eigenvalue weighted by atomic mass is 35.5. The average Bonchev–Trinajstić information content (AvgIpc) is 2.66. The Bertz CT molecular complexity index is 461. The summed E-state index contributed by atoms with van der Waals surface area (Å²) in [7, 11) is 0. The molecule has 1 aromatic carbocycles. The van der Waals surface area contributed by atoms with E-state index in [1.165, 1.54) is 6.07 Å². The first-order valence-corrected chi connectivity index (χ1v) is 5.16. The molecule has 16 heavy (non-hydrogen) atoms. The van der Waals surface area contributed by atoms with E-state index in [0.29, 0.717) is 23.3 Å². The summed E-state index contributed by atoms with van der Waals surface area (Å²) in [5.74, 6) is 0.462. The zero-order chi connectivity index (χ0) is 11.9. The second-order valence-electron chi connectivity index (χ2n) is 3.71. The number of nitro groups is 1. The summed E-state index contributed by atoms with van der Waals surface area (Å²) in [6.45, 7) is 1.45. The standard InChI is InChI=1S/C10H10ClNO4/c1-5-8(12(14)15)3-6-2-7(4-13)16-10(6)9(5)11/h3,7,13H,2,4H2,1H3. The molecular formula is C10H10ClNO4. The Kier molecular flexibility index (Phi) is 2.73. The van der Waals surface area contributed by atoms with Crippen molar-refractivity contribution in [1.29, 1.82) is 0 Å². The summed E-state index contributed by atoms with van der Waals surface area (Å²) in [5, 5.41) is 20.0. The van der Waals surface area contributed by atoms with Gasteiger partial charge in [0, 0.05) is 23.6 Å². The molecule has 6 heteroatoms. The van der Waals surface area contributed by atoms with E-state index in [9.17, 15) is 10.1 Å². The molecule has 5 nitrogen and oxygen atoms in total. The van der Waals surface area contributed by atoms with Gasteiger partial charge >= 0.3 is 0 Å². The largest absolute Gasteiger partial charge is 0.486 e. The van der Waals surface area contributed by atoms with Crippen molar-refractivity contribution >= 4 is 17.3 Å². The van der Waals surface area contributed by atoms with Crippen LogP contribution in [-0.4, -0.2) is 22.7 Å². The molecule has 0 saturated carbocycles. The fourth-order valence-corrected chi connectivity index (χ4v) is 2.05. The lowest BCUT2D eigenvalue weighted by Gasteiger charge is -2.08. The molecule has 1 aliphatic heterocycles. The van der Waals surface area contributed by atoms with E-state index in [1.54, 1.807) is 6.92 Å². The van der Waals surface area contributed by atoms with Crippen LogP contribution in [0.3, 0.4) is 0 Å². The zero-order valence-electron chi connectivity index (χ0n) is 8.57. The van der Waals surface area contributed by atoms with Crippen molar-refractivity contribution in [3.8, 4) is 5.75 Å². The van der Waals surface area contributed by atoms with E-state index in [-0.39, 0.29) is 23.4 Å². The molecule has 1 unspecified atom stereocenters. The second-order valence-corrected chi connectivity index (χ2v) is 4.08. The average molecular weight is 244 g/mol.